The Balaban J connectivity index is 1.69. The number of anilines is 3. The van der Waals surface area contributed by atoms with Crippen LogP contribution in [0.1, 0.15) is 25.1 Å². The zero-order chi connectivity index (χ0) is 19.9. The molecule has 0 fully saturated rings. The average molecular weight is 378 g/mol. The topological polar surface area (TPSA) is 68.3 Å². The van der Waals surface area contributed by atoms with Gasteiger partial charge in [0.1, 0.15) is 17.3 Å². The lowest BCUT2D eigenvalue weighted by atomic mass is 10.2. The Morgan fingerprint density at radius 2 is 1.75 bits per heavy atom. The summed E-state index contributed by atoms with van der Waals surface area (Å²) in [4.78, 5) is 9.04. The summed E-state index contributed by atoms with van der Waals surface area (Å²) >= 11 is 0. The van der Waals surface area contributed by atoms with Gasteiger partial charge in [0.25, 0.3) is 0 Å². The van der Waals surface area contributed by atoms with Crippen LogP contribution in [0.2, 0.25) is 0 Å². The Morgan fingerprint density at radius 3 is 2.46 bits per heavy atom. The van der Waals surface area contributed by atoms with Gasteiger partial charge in [0.05, 0.1) is 13.2 Å². The van der Waals surface area contributed by atoms with Crippen molar-refractivity contribution in [1.29, 1.82) is 0 Å². The molecule has 1 heterocycles. The monoisotopic (exact) mass is 378 g/mol. The van der Waals surface area contributed by atoms with Crippen LogP contribution in [0.15, 0.2) is 54.6 Å². The molecule has 146 valence electrons. The first-order valence-electron chi connectivity index (χ1n) is 9.28. The molecule has 0 radical (unpaired) electrons. The summed E-state index contributed by atoms with van der Waals surface area (Å²) in [6.07, 6.45) is 0.149. The molecular formula is C22H26N4O2. The third-order valence-corrected chi connectivity index (χ3v) is 3.99. The van der Waals surface area contributed by atoms with Crippen molar-refractivity contribution in [3.8, 4) is 11.5 Å². The molecule has 0 unspecified atom stereocenters. The Kier molecular flexibility index (Phi) is 6.32. The van der Waals surface area contributed by atoms with Crippen molar-refractivity contribution in [2.45, 2.75) is 33.4 Å². The van der Waals surface area contributed by atoms with Crippen LogP contribution in [0, 0.1) is 6.92 Å². The summed E-state index contributed by atoms with van der Waals surface area (Å²) in [6.45, 7) is 6.57. The first-order chi connectivity index (χ1) is 13.5. The van der Waals surface area contributed by atoms with Crippen LogP contribution < -0.4 is 20.1 Å². The number of benzene rings is 2. The van der Waals surface area contributed by atoms with Crippen LogP contribution in [0.4, 0.5) is 17.5 Å². The van der Waals surface area contributed by atoms with Gasteiger partial charge >= 0.3 is 0 Å². The maximum Gasteiger partial charge on any atom is 0.229 e. The Bertz CT molecular complexity index is 911. The number of hydrogen-bond donors (Lipinski definition) is 2. The van der Waals surface area contributed by atoms with Gasteiger partial charge in [-0.25, -0.2) is 4.98 Å². The highest BCUT2D eigenvalue weighted by molar-refractivity contribution is 5.56. The molecule has 6 heteroatoms. The van der Waals surface area contributed by atoms with Gasteiger partial charge in [-0.15, -0.1) is 0 Å². The fraction of sp³-hybridized carbons (Fsp3) is 0.273. The predicted octanol–water partition coefficient (Wildman–Crippen LogP) is 4.94. The highest BCUT2D eigenvalue weighted by atomic mass is 16.5. The second kappa shape index (κ2) is 9.08. The number of aromatic nitrogens is 2. The van der Waals surface area contributed by atoms with E-state index in [-0.39, 0.29) is 6.10 Å². The second-order valence-electron chi connectivity index (χ2n) is 6.70. The van der Waals surface area contributed by atoms with Crippen LogP contribution in [-0.2, 0) is 6.54 Å². The molecule has 0 spiro atoms. The molecule has 2 aromatic carbocycles. The zero-order valence-corrected chi connectivity index (χ0v) is 16.7. The number of nitrogens with one attached hydrogen (secondary N) is 2. The van der Waals surface area contributed by atoms with Gasteiger partial charge < -0.3 is 20.1 Å². The van der Waals surface area contributed by atoms with Gasteiger partial charge in [-0.1, -0.05) is 18.2 Å². The molecule has 6 nitrogen and oxygen atoms in total. The van der Waals surface area contributed by atoms with E-state index in [1.54, 1.807) is 7.11 Å². The van der Waals surface area contributed by atoms with Crippen molar-refractivity contribution in [3.05, 3.63) is 65.9 Å². The molecule has 0 aliphatic rings. The summed E-state index contributed by atoms with van der Waals surface area (Å²) < 4.78 is 11.1. The van der Waals surface area contributed by atoms with Crippen molar-refractivity contribution < 1.29 is 9.47 Å². The van der Waals surface area contributed by atoms with E-state index in [4.69, 9.17) is 9.47 Å². The molecule has 0 saturated carbocycles. The normalized spacial score (nSPS) is 10.6. The SMILES string of the molecule is COc1ccccc1CNc1cc(C)nc(Nc2ccc(OC(C)C)cc2)n1. The molecule has 3 rings (SSSR count). The highest BCUT2D eigenvalue weighted by Gasteiger charge is 2.06. The Labute approximate surface area is 166 Å². The smallest absolute Gasteiger partial charge is 0.229 e. The number of aryl methyl sites for hydroxylation is 1. The molecule has 0 saturated heterocycles. The first-order valence-corrected chi connectivity index (χ1v) is 9.28. The van der Waals surface area contributed by atoms with Crippen molar-refractivity contribution in [2.24, 2.45) is 0 Å². The Hall–Kier alpha value is -3.28. The maximum absolute atomic E-state index is 5.67. The fourth-order valence-corrected chi connectivity index (χ4v) is 2.77. The minimum absolute atomic E-state index is 0.149. The van der Waals surface area contributed by atoms with E-state index in [1.807, 2.05) is 75.4 Å². The summed E-state index contributed by atoms with van der Waals surface area (Å²) in [5.41, 5.74) is 2.84. The number of para-hydroxylation sites is 1. The molecule has 0 bridgehead atoms. The molecule has 0 aliphatic carbocycles. The van der Waals surface area contributed by atoms with Gasteiger partial charge in [0, 0.05) is 29.6 Å². The highest BCUT2D eigenvalue weighted by Crippen LogP contribution is 2.22. The number of ether oxygens (including phenoxy) is 2. The molecule has 28 heavy (non-hydrogen) atoms. The summed E-state index contributed by atoms with van der Waals surface area (Å²) in [5.74, 6) is 2.98. The molecule has 3 aromatic rings. The molecular weight excluding hydrogens is 352 g/mol. The van der Waals surface area contributed by atoms with E-state index >= 15 is 0 Å². The molecule has 0 aliphatic heterocycles. The second-order valence-corrected chi connectivity index (χ2v) is 6.70. The summed E-state index contributed by atoms with van der Waals surface area (Å²) in [5, 5.41) is 6.59. The molecule has 0 amide bonds. The number of methoxy groups -OCH3 is 1. The van der Waals surface area contributed by atoms with Gasteiger partial charge in [-0.3, -0.25) is 0 Å². The number of hydrogen-bond acceptors (Lipinski definition) is 6. The van der Waals surface area contributed by atoms with Gasteiger partial charge in [-0.2, -0.15) is 4.98 Å². The standard InChI is InChI=1S/C22H26N4O2/c1-15(2)28-19-11-9-18(10-12-19)25-22-24-16(3)13-21(26-22)23-14-17-7-5-6-8-20(17)27-4/h5-13,15H,14H2,1-4H3,(H2,23,24,25,26). The summed E-state index contributed by atoms with van der Waals surface area (Å²) in [6, 6.07) is 17.6. The van der Waals surface area contributed by atoms with Crippen molar-refractivity contribution in [2.75, 3.05) is 17.7 Å². The lowest BCUT2D eigenvalue weighted by Gasteiger charge is -2.13. The lowest BCUT2D eigenvalue weighted by Crippen LogP contribution is -2.07. The molecule has 1 aromatic heterocycles. The van der Waals surface area contributed by atoms with E-state index in [1.165, 1.54) is 0 Å². The van der Waals surface area contributed by atoms with Gasteiger partial charge in [-0.05, 0) is 51.1 Å². The Morgan fingerprint density at radius 1 is 1.00 bits per heavy atom. The maximum atomic E-state index is 5.67. The quantitative estimate of drug-likeness (QED) is 0.579. The minimum Gasteiger partial charge on any atom is -0.496 e. The largest absolute Gasteiger partial charge is 0.496 e. The third-order valence-electron chi connectivity index (χ3n) is 3.99. The van der Waals surface area contributed by atoms with Crippen LogP contribution in [0.25, 0.3) is 0 Å². The van der Waals surface area contributed by atoms with E-state index in [0.717, 1.165) is 34.3 Å². The van der Waals surface area contributed by atoms with Crippen molar-refractivity contribution in [3.63, 3.8) is 0 Å². The van der Waals surface area contributed by atoms with Crippen LogP contribution in [-0.4, -0.2) is 23.2 Å². The van der Waals surface area contributed by atoms with E-state index in [2.05, 4.69) is 20.6 Å². The van der Waals surface area contributed by atoms with Crippen molar-refractivity contribution in [1.82, 2.24) is 9.97 Å². The first kappa shape index (κ1) is 19.5. The van der Waals surface area contributed by atoms with Crippen molar-refractivity contribution >= 4 is 17.5 Å². The van der Waals surface area contributed by atoms with E-state index in [9.17, 15) is 0 Å². The number of rotatable bonds is 8. The minimum atomic E-state index is 0.149. The number of nitrogens with zero attached hydrogens (tertiary/aromatic N) is 2. The van der Waals surface area contributed by atoms with Crippen LogP contribution in [0.3, 0.4) is 0 Å². The van der Waals surface area contributed by atoms with Gasteiger partial charge in [0.2, 0.25) is 5.95 Å². The zero-order valence-electron chi connectivity index (χ0n) is 16.7. The fourth-order valence-electron chi connectivity index (χ4n) is 2.77. The van der Waals surface area contributed by atoms with Gasteiger partial charge in [0.15, 0.2) is 0 Å². The lowest BCUT2D eigenvalue weighted by molar-refractivity contribution is 0.242. The average Bonchev–Trinajstić information content (AvgIpc) is 2.67. The molecule has 0 atom stereocenters. The van der Waals surface area contributed by atoms with E-state index < -0.39 is 0 Å². The van der Waals surface area contributed by atoms with E-state index in [0.29, 0.717) is 12.5 Å². The predicted molar refractivity (Wildman–Crippen MR) is 113 cm³/mol. The van der Waals surface area contributed by atoms with Crippen LogP contribution >= 0.6 is 0 Å². The summed E-state index contributed by atoms with van der Waals surface area (Å²) in [7, 11) is 1.67. The van der Waals surface area contributed by atoms with Crippen LogP contribution in [0.5, 0.6) is 11.5 Å². The molecule has 2 N–H and O–H groups in total. The third kappa shape index (κ3) is 5.36.